The van der Waals surface area contributed by atoms with Gasteiger partial charge in [0, 0.05) is 22.8 Å². The topological polar surface area (TPSA) is 16.1 Å². The van der Waals surface area contributed by atoms with E-state index in [1.807, 2.05) is 0 Å². The smallest absolute Gasteiger partial charge is 0.132 e. The van der Waals surface area contributed by atoms with E-state index in [-0.39, 0.29) is 0 Å². The summed E-state index contributed by atoms with van der Waals surface area (Å²) in [7, 11) is 0. The van der Waals surface area contributed by atoms with Crippen LogP contribution in [0, 0.1) is 6.92 Å². The molecule has 2 aromatic rings. The van der Waals surface area contributed by atoms with E-state index in [0.717, 1.165) is 18.4 Å². The zero-order valence-electron chi connectivity index (χ0n) is 11.7. The number of nitrogens with zero attached hydrogens (tertiary/aromatic N) is 2. The van der Waals surface area contributed by atoms with Crippen molar-refractivity contribution in [3.63, 3.8) is 0 Å². The van der Waals surface area contributed by atoms with Gasteiger partial charge in [0.15, 0.2) is 0 Å². The molecule has 0 N–H and O–H groups in total. The Morgan fingerprint density at radius 1 is 1.15 bits per heavy atom. The van der Waals surface area contributed by atoms with E-state index in [1.165, 1.54) is 29.6 Å². The van der Waals surface area contributed by atoms with Gasteiger partial charge in [0.2, 0.25) is 0 Å². The Hall–Kier alpha value is -1.28. The molecule has 1 aromatic heterocycles. The first-order valence-corrected chi connectivity index (χ1v) is 7.95. The highest BCUT2D eigenvalue weighted by atomic mass is 35.5. The third kappa shape index (κ3) is 1.89. The van der Waals surface area contributed by atoms with Crippen molar-refractivity contribution in [2.45, 2.75) is 50.1 Å². The van der Waals surface area contributed by atoms with E-state index in [9.17, 15) is 0 Å². The van der Waals surface area contributed by atoms with Gasteiger partial charge in [0.1, 0.15) is 5.82 Å². The molecular formula is C17H19ClN2. The number of hydrogen-bond acceptors (Lipinski definition) is 2. The summed E-state index contributed by atoms with van der Waals surface area (Å²) in [6.45, 7) is 2.18. The van der Waals surface area contributed by atoms with E-state index in [2.05, 4.69) is 42.2 Å². The molecule has 0 aliphatic carbocycles. The molecule has 0 spiro atoms. The number of anilines is 1. The molecule has 3 heteroatoms. The van der Waals surface area contributed by atoms with Gasteiger partial charge in [0.05, 0.1) is 5.52 Å². The van der Waals surface area contributed by atoms with Crippen LogP contribution >= 0.6 is 11.6 Å². The lowest BCUT2D eigenvalue weighted by molar-refractivity contribution is 0.470. The average molecular weight is 287 g/mol. The van der Waals surface area contributed by atoms with Gasteiger partial charge in [-0.15, -0.1) is 11.6 Å². The maximum absolute atomic E-state index is 6.39. The van der Waals surface area contributed by atoms with Crippen molar-refractivity contribution < 1.29 is 0 Å². The molecule has 0 radical (unpaired) electrons. The monoisotopic (exact) mass is 286 g/mol. The quantitative estimate of drug-likeness (QED) is 0.727. The van der Waals surface area contributed by atoms with Crippen LogP contribution in [-0.4, -0.2) is 22.4 Å². The Morgan fingerprint density at radius 2 is 1.85 bits per heavy atom. The highest BCUT2D eigenvalue weighted by Gasteiger charge is 2.41. The van der Waals surface area contributed by atoms with Crippen molar-refractivity contribution in [2.24, 2.45) is 0 Å². The minimum atomic E-state index is 0.351. The zero-order valence-corrected chi connectivity index (χ0v) is 12.5. The van der Waals surface area contributed by atoms with Crippen molar-refractivity contribution in [3.8, 4) is 0 Å². The first kappa shape index (κ1) is 12.5. The molecule has 2 fully saturated rings. The second-order valence-electron chi connectivity index (χ2n) is 6.18. The molecule has 0 saturated carbocycles. The Bertz CT molecular complexity index is 640. The van der Waals surface area contributed by atoms with Gasteiger partial charge in [-0.3, -0.25) is 0 Å². The second kappa shape index (κ2) is 4.63. The fraction of sp³-hybridized carbons (Fsp3) is 0.471. The second-order valence-corrected chi connectivity index (χ2v) is 6.80. The number of rotatable bonds is 1. The Kier molecular flexibility index (Phi) is 2.88. The standard InChI is InChI=1S/C17H19ClN2/c1-11-8-12-4-2-3-5-16(12)19-17(11)20-14-6-7-15(20)10-13(18)9-14/h2-5,8,13-15H,6-7,9-10H2,1H3. The molecule has 4 rings (SSSR count). The number of pyridine rings is 1. The molecule has 2 unspecified atom stereocenters. The van der Waals surface area contributed by atoms with Crippen LogP contribution in [0.5, 0.6) is 0 Å². The van der Waals surface area contributed by atoms with Gasteiger partial charge in [-0.2, -0.15) is 0 Å². The number of aryl methyl sites for hydroxylation is 1. The predicted octanol–water partition coefficient (Wildman–Crippen LogP) is 4.28. The largest absolute Gasteiger partial charge is 0.350 e. The van der Waals surface area contributed by atoms with Crippen LogP contribution in [0.4, 0.5) is 5.82 Å². The number of fused-ring (bicyclic) bond motifs is 3. The fourth-order valence-corrected chi connectivity index (χ4v) is 4.34. The molecule has 2 bridgehead atoms. The highest BCUT2D eigenvalue weighted by molar-refractivity contribution is 6.20. The maximum Gasteiger partial charge on any atom is 0.132 e. The van der Waals surface area contributed by atoms with Crippen molar-refractivity contribution in [3.05, 3.63) is 35.9 Å². The van der Waals surface area contributed by atoms with Crippen molar-refractivity contribution in [2.75, 3.05) is 4.90 Å². The van der Waals surface area contributed by atoms with E-state index in [4.69, 9.17) is 16.6 Å². The summed E-state index contributed by atoms with van der Waals surface area (Å²) in [4.78, 5) is 7.50. The highest BCUT2D eigenvalue weighted by Crippen LogP contribution is 2.41. The van der Waals surface area contributed by atoms with Gasteiger partial charge in [-0.1, -0.05) is 18.2 Å². The van der Waals surface area contributed by atoms with E-state index in [1.54, 1.807) is 0 Å². The lowest BCUT2D eigenvalue weighted by atomic mass is 10.0. The number of hydrogen-bond donors (Lipinski definition) is 0. The molecule has 2 aliphatic heterocycles. The molecule has 2 aliphatic rings. The summed E-state index contributed by atoms with van der Waals surface area (Å²) in [6, 6.07) is 11.8. The maximum atomic E-state index is 6.39. The van der Waals surface area contributed by atoms with Crippen LogP contribution in [-0.2, 0) is 0 Å². The van der Waals surface area contributed by atoms with Crippen LogP contribution in [0.1, 0.15) is 31.2 Å². The zero-order chi connectivity index (χ0) is 13.7. The molecule has 2 saturated heterocycles. The van der Waals surface area contributed by atoms with E-state index >= 15 is 0 Å². The van der Waals surface area contributed by atoms with Gasteiger partial charge >= 0.3 is 0 Å². The number of benzene rings is 1. The van der Waals surface area contributed by atoms with Crippen LogP contribution in [0.2, 0.25) is 0 Å². The normalized spacial score (nSPS) is 29.1. The Labute approximate surface area is 124 Å². The van der Waals surface area contributed by atoms with Crippen LogP contribution in [0.3, 0.4) is 0 Å². The fourth-order valence-electron chi connectivity index (χ4n) is 3.93. The van der Waals surface area contributed by atoms with Crippen LogP contribution < -0.4 is 4.90 Å². The summed E-state index contributed by atoms with van der Waals surface area (Å²) < 4.78 is 0. The van der Waals surface area contributed by atoms with E-state index in [0.29, 0.717) is 17.5 Å². The van der Waals surface area contributed by atoms with Gasteiger partial charge in [-0.25, -0.2) is 4.98 Å². The summed E-state index contributed by atoms with van der Waals surface area (Å²) >= 11 is 6.39. The minimum absolute atomic E-state index is 0.351. The summed E-state index contributed by atoms with van der Waals surface area (Å²) in [5, 5.41) is 1.58. The number of aromatic nitrogens is 1. The van der Waals surface area contributed by atoms with Crippen molar-refractivity contribution >= 4 is 28.3 Å². The molecule has 3 heterocycles. The molecule has 2 atom stereocenters. The number of alkyl halides is 1. The molecule has 1 aromatic carbocycles. The average Bonchev–Trinajstić information content (AvgIpc) is 2.70. The Balaban J connectivity index is 1.80. The van der Waals surface area contributed by atoms with Crippen molar-refractivity contribution in [1.82, 2.24) is 4.98 Å². The molecular weight excluding hydrogens is 268 g/mol. The predicted molar refractivity (Wildman–Crippen MR) is 84.6 cm³/mol. The SMILES string of the molecule is Cc1cc2ccccc2nc1N1C2CCC1CC(Cl)C2. The van der Waals surface area contributed by atoms with Gasteiger partial charge < -0.3 is 4.90 Å². The lowest BCUT2D eigenvalue weighted by Gasteiger charge is -2.38. The summed E-state index contributed by atoms with van der Waals surface area (Å²) in [5.41, 5.74) is 2.38. The molecule has 20 heavy (non-hydrogen) atoms. The Morgan fingerprint density at radius 3 is 2.60 bits per heavy atom. The molecule has 104 valence electrons. The van der Waals surface area contributed by atoms with E-state index < -0.39 is 0 Å². The van der Waals surface area contributed by atoms with Crippen LogP contribution in [0.15, 0.2) is 30.3 Å². The number of para-hydroxylation sites is 1. The first-order chi connectivity index (χ1) is 9.72. The van der Waals surface area contributed by atoms with Crippen molar-refractivity contribution in [1.29, 1.82) is 0 Å². The number of piperidine rings is 1. The molecule has 0 amide bonds. The van der Waals surface area contributed by atoms with Gasteiger partial charge in [0.25, 0.3) is 0 Å². The summed E-state index contributed by atoms with van der Waals surface area (Å²) in [6.07, 6.45) is 4.74. The lowest BCUT2D eigenvalue weighted by Crippen LogP contribution is -2.44. The first-order valence-electron chi connectivity index (χ1n) is 7.51. The minimum Gasteiger partial charge on any atom is -0.350 e. The van der Waals surface area contributed by atoms with Gasteiger partial charge in [-0.05, 0) is 50.3 Å². The third-order valence-electron chi connectivity index (χ3n) is 4.81. The third-order valence-corrected chi connectivity index (χ3v) is 5.16. The van der Waals surface area contributed by atoms with Crippen LogP contribution in [0.25, 0.3) is 10.9 Å². The molecule has 2 nitrogen and oxygen atoms in total. The number of halogens is 1. The summed E-state index contributed by atoms with van der Waals surface area (Å²) in [5.74, 6) is 1.18.